The van der Waals surface area contributed by atoms with Gasteiger partial charge >= 0.3 is 0 Å². The molecule has 140 valence electrons. The van der Waals surface area contributed by atoms with Crippen molar-refractivity contribution in [2.75, 3.05) is 63.7 Å². The summed E-state index contributed by atoms with van der Waals surface area (Å²) in [5, 5.41) is 0.749. The zero-order valence-corrected chi connectivity index (χ0v) is 16.4. The van der Waals surface area contributed by atoms with Crippen LogP contribution in [0.2, 0.25) is 5.02 Å². The van der Waals surface area contributed by atoms with Gasteiger partial charge in [0.25, 0.3) is 0 Å². The summed E-state index contributed by atoms with van der Waals surface area (Å²) < 4.78 is 5.71. The monoisotopic (exact) mass is 375 g/mol. The number of rotatable bonds is 6. The van der Waals surface area contributed by atoms with Crippen molar-refractivity contribution in [3.8, 4) is 0 Å². The molecule has 2 aromatic rings. The highest BCUT2D eigenvalue weighted by atomic mass is 35.5. The first-order valence-electron chi connectivity index (χ1n) is 8.83. The molecule has 0 bridgehead atoms. The number of halogens is 1. The number of benzene rings is 1. The summed E-state index contributed by atoms with van der Waals surface area (Å²) in [7, 11) is 5.68. The van der Waals surface area contributed by atoms with Crippen molar-refractivity contribution in [2.45, 2.75) is 6.10 Å². The van der Waals surface area contributed by atoms with Crippen LogP contribution in [0.4, 0.5) is 11.8 Å². The van der Waals surface area contributed by atoms with Gasteiger partial charge in [-0.1, -0.05) is 23.7 Å². The smallest absolute Gasteiger partial charge is 0.226 e. The fraction of sp³-hybridized carbons (Fsp3) is 0.474. The summed E-state index contributed by atoms with van der Waals surface area (Å²) in [6.45, 7) is 4.73. The molecule has 0 spiro atoms. The van der Waals surface area contributed by atoms with Crippen LogP contribution in [0.3, 0.4) is 0 Å². The maximum absolute atomic E-state index is 5.99. The van der Waals surface area contributed by atoms with Gasteiger partial charge in [-0.05, 0) is 23.8 Å². The summed E-state index contributed by atoms with van der Waals surface area (Å²) in [6, 6.07) is 9.89. The molecular formula is C19H26ClN5O. The van der Waals surface area contributed by atoms with Gasteiger partial charge in [-0.15, -0.1) is 0 Å². The van der Waals surface area contributed by atoms with Gasteiger partial charge in [0.05, 0.1) is 6.10 Å². The topological polar surface area (TPSA) is 44.7 Å². The van der Waals surface area contributed by atoms with Crippen molar-refractivity contribution in [1.82, 2.24) is 14.9 Å². The molecule has 1 aromatic carbocycles. The van der Waals surface area contributed by atoms with E-state index in [2.05, 4.69) is 19.8 Å². The van der Waals surface area contributed by atoms with E-state index in [9.17, 15) is 0 Å². The average Bonchev–Trinajstić information content (AvgIpc) is 2.67. The van der Waals surface area contributed by atoms with Crippen LogP contribution in [-0.2, 0) is 4.74 Å². The first kappa shape index (κ1) is 18.9. The number of piperazine rings is 1. The highest BCUT2D eigenvalue weighted by Crippen LogP contribution is 2.22. The molecule has 1 aromatic heterocycles. The van der Waals surface area contributed by atoms with Crippen LogP contribution < -0.4 is 9.80 Å². The van der Waals surface area contributed by atoms with E-state index >= 15 is 0 Å². The van der Waals surface area contributed by atoms with Gasteiger partial charge in [0, 0.05) is 65.1 Å². The van der Waals surface area contributed by atoms with E-state index in [1.165, 1.54) is 0 Å². The SMILES string of the molecule is CO[C@@H](CN1CCN(c2ccnc(N(C)C)n2)CC1)c1ccc(Cl)cc1. The minimum atomic E-state index is 0.0539. The van der Waals surface area contributed by atoms with Gasteiger partial charge < -0.3 is 14.5 Å². The Morgan fingerprint density at radius 3 is 2.42 bits per heavy atom. The van der Waals surface area contributed by atoms with Crippen LogP contribution in [-0.4, -0.2) is 68.8 Å². The average molecular weight is 376 g/mol. The molecule has 1 saturated heterocycles. The molecular weight excluding hydrogens is 350 g/mol. The van der Waals surface area contributed by atoms with Crippen molar-refractivity contribution >= 4 is 23.4 Å². The third-order valence-electron chi connectivity index (χ3n) is 4.67. The molecule has 0 N–H and O–H groups in total. The molecule has 1 aliphatic rings. The summed E-state index contributed by atoms with van der Waals surface area (Å²) in [5.41, 5.74) is 1.16. The Balaban J connectivity index is 1.58. The lowest BCUT2D eigenvalue weighted by Crippen LogP contribution is -2.48. The number of hydrogen-bond acceptors (Lipinski definition) is 6. The molecule has 1 aliphatic heterocycles. The molecule has 2 heterocycles. The largest absolute Gasteiger partial charge is 0.375 e. The Bertz CT molecular complexity index is 701. The summed E-state index contributed by atoms with van der Waals surface area (Å²) in [5.74, 6) is 1.73. The van der Waals surface area contributed by atoms with Gasteiger partial charge in [-0.25, -0.2) is 4.98 Å². The molecule has 1 atom stereocenters. The van der Waals surface area contributed by atoms with Crippen molar-refractivity contribution in [2.24, 2.45) is 0 Å². The standard InChI is InChI=1S/C19H26ClN5O/c1-23(2)19-21-9-8-18(22-19)25-12-10-24(11-13-25)14-17(26-3)15-4-6-16(20)7-5-15/h4-9,17H,10-14H2,1-3H3/t17-/m0/s1. The second-order valence-corrected chi connectivity index (χ2v) is 7.11. The van der Waals surface area contributed by atoms with E-state index in [4.69, 9.17) is 16.3 Å². The summed E-state index contributed by atoms with van der Waals surface area (Å²) >= 11 is 5.99. The van der Waals surface area contributed by atoms with Crippen LogP contribution in [0.5, 0.6) is 0 Å². The van der Waals surface area contributed by atoms with Gasteiger partial charge in [0.1, 0.15) is 5.82 Å². The zero-order chi connectivity index (χ0) is 18.5. The predicted molar refractivity (Wildman–Crippen MR) is 106 cm³/mol. The minimum Gasteiger partial charge on any atom is -0.375 e. The van der Waals surface area contributed by atoms with E-state index in [1.807, 2.05) is 55.5 Å². The Hall–Kier alpha value is -1.89. The fourth-order valence-corrected chi connectivity index (χ4v) is 3.24. The van der Waals surface area contributed by atoms with Gasteiger partial charge in [-0.3, -0.25) is 4.90 Å². The molecule has 0 unspecified atom stereocenters. The van der Waals surface area contributed by atoms with Crippen molar-refractivity contribution in [3.05, 3.63) is 47.1 Å². The predicted octanol–water partition coefficient (Wildman–Crippen LogP) is 2.71. The summed E-state index contributed by atoms with van der Waals surface area (Å²) in [6.07, 6.45) is 1.88. The Labute approximate surface area is 160 Å². The highest BCUT2D eigenvalue weighted by Gasteiger charge is 2.22. The fourth-order valence-electron chi connectivity index (χ4n) is 3.12. The van der Waals surface area contributed by atoms with E-state index in [1.54, 1.807) is 7.11 Å². The molecule has 6 nitrogen and oxygen atoms in total. The van der Waals surface area contributed by atoms with Crippen LogP contribution in [0.1, 0.15) is 11.7 Å². The van der Waals surface area contributed by atoms with E-state index < -0.39 is 0 Å². The molecule has 7 heteroatoms. The quantitative estimate of drug-likeness (QED) is 0.773. The molecule has 0 radical (unpaired) electrons. The van der Waals surface area contributed by atoms with E-state index in [-0.39, 0.29) is 6.10 Å². The van der Waals surface area contributed by atoms with E-state index in [0.717, 1.165) is 55.1 Å². The lowest BCUT2D eigenvalue weighted by Gasteiger charge is -2.37. The van der Waals surface area contributed by atoms with Crippen molar-refractivity contribution < 1.29 is 4.74 Å². The lowest BCUT2D eigenvalue weighted by atomic mass is 10.1. The Morgan fingerprint density at radius 2 is 1.81 bits per heavy atom. The minimum absolute atomic E-state index is 0.0539. The number of nitrogens with zero attached hydrogens (tertiary/aromatic N) is 5. The second-order valence-electron chi connectivity index (χ2n) is 6.67. The van der Waals surface area contributed by atoms with Crippen LogP contribution in [0.15, 0.2) is 36.5 Å². The Kier molecular flexibility index (Phi) is 6.29. The number of hydrogen-bond donors (Lipinski definition) is 0. The number of ether oxygens (including phenoxy) is 1. The van der Waals surface area contributed by atoms with Crippen molar-refractivity contribution in [3.63, 3.8) is 0 Å². The molecule has 0 amide bonds. The normalized spacial score (nSPS) is 16.5. The van der Waals surface area contributed by atoms with E-state index in [0.29, 0.717) is 0 Å². The zero-order valence-electron chi connectivity index (χ0n) is 15.6. The van der Waals surface area contributed by atoms with Crippen molar-refractivity contribution in [1.29, 1.82) is 0 Å². The molecule has 26 heavy (non-hydrogen) atoms. The number of aromatic nitrogens is 2. The maximum atomic E-state index is 5.99. The van der Waals surface area contributed by atoms with Gasteiger partial charge in [0.15, 0.2) is 0 Å². The third-order valence-corrected chi connectivity index (χ3v) is 4.93. The summed E-state index contributed by atoms with van der Waals surface area (Å²) in [4.78, 5) is 15.6. The first-order valence-corrected chi connectivity index (χ1v) is 9.20. The van der Waals surface area contributed by atoms with Crippen LogP contribution in [0, 0.1) is 0 Å². The number of anilines is 2. The molecule has 1 fully saturated rings. The molecule has 3 rings (SSSR count). The first-order chi connectivity index (χ1) is 12.6. The van der Waals surface area contributed by atoms with Crippen LogP contribution in [0.25, 0.3) is 0 Å². The van der Waals surface area contributed by atoms with Crippen LogP contribution >= 0.6 is 11.6 Å². The lowest BCUT2D eigenvalue weighted by molar-refractivity contribution is 0.0615. The highest BCUT2D eigenvalue weighted by molar-refractivity contribution is 6.30. The maximum Gasteiger partial charge on any atom is 0.226 e. The molecule has 0 saturated carbocycles. The second kappa shape index (κ2) is 8.66. The van der Waals surface area contributed by atoms with Gasteiger partial charge in [0.2, 0.25) is 5.95 Å². The third kappa shape index (κ3) is 4.63. The molecule has 0 aliphatic carbocycles. The number of methoxy groups -OCH3 is 1. The Morgan fingerprint density at radius 1 is 1.12 bits per heavy atom. The van der Waals surface area contributed by atoms with Gasteiger partial charge in [-0.2, -0.15) is 4.98 Å².